The predicted octanol–water partition coefficient (Wildman–Crippen LogP) is 4.72. The normalized spacial score (nSPS) is 25.9. The summed E-state index contributed by atoms with van der Waals surface area (Å²) in [6.45, 7) is 7.78. The topological polar surface area (TPSA) is 9.23 Å². The molecule has 1 heterocycles. The molecule has 0 unspecified atom stereocenters. The van der Waals surface area contributed by atoms with E-state index in [1.165, 1.54) is 14.9 Å². The zero-order chi connectivity index (χ0) is 12.5. The number of rotatable bonds is 1. The third kappa shape index (κ3) is 3.61. The van der Waals surface area contributed by atoms with Crippen LogP contribution in [0.15, 0.2) is 24.3 Å². The second-order valence-electron chi connectivity index (χ2n) is 5.61. The van der Waals surface area contributed by atoms with E-state index in [2.05, 4.69) is 67.6 Å². The van der Waals surface area contributed by atoms with Gasteiger partial charge >= 0.3 is 0 Å². The molecule has 0 saturated carbocycles. The summed E-state index contributed by atoms with van der Waals surface area (Å²) in [7, 11) is 0. The van der Waals surface area contributed by atoms with Gasteiger partial charge in [0.05, 0.1) is 6.61 Å². The molecular weight excluding hydrogens is 343 g/mol. The van der Waals surface area contributed by atoms with Crippen molar-refractivity contribution in [1.82, 2.24) is 0 Å². The average molecular weight is 362 g/mol. The minimum absolute atomic E-state index is 0.227. The maximum atomic E-state index is 6.00. The fourth-order valence-corrected chi connectivity index (χ4v) is 3.70. The van der Waals surface area contributed by atoms with E-state index in [4.69, 9.17) is 4.74 Å². The molecule has 1 aliphatic heterocycles. The molecular formula is C14H19IOS. The summed E-state index contributed by atoms with van der Waals surface area (Å²) in [5, 5.41) is 0. The third-order valence-corrected chi connectivity index (χ3v) is 5.29. The summed E-state index contributed by atoms with van der Waals surface area (Å²) in [5.74, 6) is 1.85. The molecule has 0 aliphatic carbocycles. The second kappa shape index (κ2) is 5.49. The van der Waals surface area contributed by atoms with Crippen molar-refractivity contribution >= 4 is 34.4 Å². The Hall–Kier alpha value is 0.260. The Bertz CT molecular complexity index is 361. The molecule has 0 N–H and O–H groups in total. The Morgan fingerprint density at radius 1 is 1.24 bits per heavy atom. The maximum Gasteiger partial charge on any atom is 0.128 e. The van der Waals surface area contributed by atoms with E-state index < -0.39 is 0 Å². The van der Waals surface area contributed by atoms with E-state index in [1.807, 2.05) is 11.8 Å². The number of benzene rings is 1. The van der Waals surface area contributed by atoms with Crippen molar-refractivity contribution in [2.75, 3.05) is 12.4 Å². The number of halogens is 1. The van der Waals surface area contributed by atoms with Crippen LogP contribution in [0.2, 0.25) is 0 Å². The van der Waals surface area contributed by atoms with Gasteiger partial charge in [-0.3, -0.25) is 0 Å². The summed E-state index contributed by atoms with van der Waals surface area (Å²) in [6.07, 6.45) is 0. The van der Waals surface area contributed by atoms with E-state index in [1.54, 1.807) is 0 Å². The lowest BCUT2D eigenvalue weighted by Crippen LogP contribution is -2.31. The van der Waals surface area contributed by atoms with Gasteiger partial charge in [0.25, 0.3) is 0 Å². The molecule has 1 aliphatic rings. The standard InChI is InChI=1S/C14H19IOS/c1-14(2,3)11-8-16-13(17-9-11)10-4-6-12(15)7-5-10/h4-7,11,13H,8-9H2,1-3H3/t11-,13-/m0/s1. The van der Waals surface area contributed by atoms with Gasteiger partial charge in [-0.1, -0.05) is 32.9 Å². The SMILES string of the molecule is CC(C)(C)[C@H]1CO[C@H](c2ccc(I)cc2)SC1. The highest BCUT2D eigenvalue weighted by molar-refractivity contribution is 14.1. The lowest BCUT2D eigenvalue weighted by atomic mass is 9.82. The van der Waals surface area contributed by atoms with Gasteiger partial charge in [-0.05, 0) is 51.6 Å². The Morgan fingerprint density at radius 2 is 1.88 bits per heavy atom. The van der Waals surface area contributed by atoms with Crippen molar-refractivity contribution < 1.29 is 4.74 Å². The summed E-state index contributed by atoms with van der Waals surface area (Å²) in [6, 6.07) is 8.65. The first-order chi connectivity index (χ1) is 7.97. The minimum atomic E-state index is 0.227. The largest absolute Gasteiger partial charge is 0.362 e. The molecule has 0 spiro atoms. The van der Waals surface area contributed by atoms with Crippen LogP contribution >= 0.6 is 34.4 Å². The number of hydrogen-bond acceptors (Lipinski definition) is 2. The van der Waals surface area contributed by atoms with Crippen LogP contribution in [0.3, 0.4) is 0 Å². The highest BCUT2D eigenvalue weighted by Crippen LogP contribution is 2.41. The highest BCUT2D eigenvalue weighted by Gasteiger charge is 2.31. The molecule has 0 amide bonds. The molecule has 0 aromatic heterocycles. The van der Waals surface area contributed by atoms with Crippen LogP contribution in [0, 0.1) is 14.9 Å². The average Bonchev–Trinajstić information content (AvgIpc) is 2.29. The Labute approximate surface area is 122 Å². The van der Waals surface area contributed by atoms with E-state index in [9.17, 15) is 0 Å². The fraction of sp³-hybridized carbons (Fsp3) is 0.571. The number of hydrogen-bond donors (Lipinski definition) is 0. The first kappa shape index (κ1) is 13.7. The Morgan fingerprint density at radius 3 is 2.35 bits per heavy atom. The molecule has 0 radical (unpaired) electrons. The fourth-order valence-electron chi connectivity index (χ4n) is 1.82. The van der Waals surface area contributed by atoms with Gasteiger partial charge in [0.2, 0.25) is 0 Å². The van der Waals surface area contributed by atoms with Crippen molar-refractivity contribution in [3.8, 4) is 0 Å². The lowest BCUT2D eigenvalue weighted by molar-refractivity contribution is 0.0396. The number of thioether (sulfide) groups is 1. The van der Waals surface area contributed by atoms with Gasteiger partial charge in [-0.25, -0.2) is 0 Å². The van der Waals surface area contributed by atoms with Crippen molar-refractivity contribution in [3.63, 3.8) is 0 Å². The second-order valence-corrected chi connectivity index (χ2v) is 7.95. The lowest BCUT2D eigenvalue weighted by Gasteiger charge is -2.36. The number of ether oxygens (including phenoxy) is 1. The van der Waals surface area contributed by atoms with Gasteiger partial charge in [0.1, 0.15) is 5.44 Å². The van der Waals surface area contributed by atoms with Crippen LogP contribution in [0.4, 0.5) is 0 Å². The van der Waals surface area contributed by atoms with Crippen molar-refractivity contribution in [1.29, 1.82) is 0 Å². The van der Waals surface area contributed by atoms with Gasteiger partial charge in [-0.15, -0.1) is 11.8 Å². The van der Waals surface area contributed by atoms with E-state index in [0.717, 1.165) is 6.61 Å². The summed E-state index contributed by atoms with van der Waals surface area (Å²) >= 11 is 4.27. The molecule has 1 saturated heterocycles. The smallest absolute Gasteiger partial charge is 0.128 e. The third-order valence-electron chi connectivity index (χ3n) is 3.26. The van der Waals surface area contributed by atoms with Crippen LogP contribution < -0.4 is 0 Å². The molecule has 2 rings (SSSR count). The van der Waals surface area contributed by atoms with E-state index in [-0.39, 0.29) is 5.44 Å². The van der Waals surface area contributed by atoms with E-state index in [0.29, 0.717) is 11.3 Å². The molecule has 0 bridgehead atoms. The van der Waals surface area contributed by atoms with Gasteiger partial charge in [-0.2, -0.15) is 0 Å². The quantitative estimate of drug-likeness (QED) is 0.669. The highest BCUT2D eigenvalue weighted by atomic mass is 127. The predicted molar refractivity (Wildman–Crippen MR) is 83.3 cm³/mol. The minimum Gasteiger partial charge on any atom is -0.362 e. The summed E-state index contributed by atoms with van der Waals surface area (Å²) < 4.78 is 7.28. The van der Waals surface area contributed by atoms with Gasteiger partial charge < -0.3 is 4.74 Å². The van der Waals surface area contributed by atoms with Crippen LogP contribution in [0.25, 0.3) is 0 Å². The molecule has 3 heteroatoms. The van der Waals surface area contributed by atoms with Crippen molar-refractivity contribution in [2.45, 2.75) is 26.2 Å². The summed E-state index contributed by atoms with van der Waals surface area (Å²) in [5.41, 5.74) is 1.87. The van der Waals surface area contributed by atoms with Crippen molar-refractivity contribution in [3.05, 3.63) is 33.4 Å². The van der Waals surface area contributed by atoms with Crippen LogP contribution in [0.1, 0.15) is 31.8 Å². The van der Waals surface area contributed by atoms with E-state index >= 15 is 0 Å². The molecule has 1 nitrogen and oxygen atoms in total. The van der Waals surface area contributed by atoms with Crippen LogP contribution in [-0.2, 0) is 4.74 Å². The molecule has 94 valence electrons. The molecule has 2 atom stereocenters. The molecule has 1 fully saturated rings. The molecule has 1 aromatic rings. The summed E-state index contributed by atoms with van der Waals surface area (Å²) in [4.78, 5) is 0. The van der Waals surface area contributed by atoms with Crippen molar-refractivity contribution in [2.24, 2.45) is 11.3 Å². The maximum absolute atomic E-state index is 6.00. The first-order valence-corrected chi connectivity index (χ1v) is 8.08. The Balaban J connectivity index is 1.97. The van der Waals surface area contributed by atoms with Gasteiger partial charge in [0, 0.05) is 9.32 Å². The zero-order valence-electron chi connectivity index (χ0n) is 10.6. The molecule has 1 aromatic carbocycles. The van der Waals surface area contributed by atoms with Crippen LogP contribution in [0.5, 0.6) is 0 Å². The van der Waals surface area contributed by atoms with Gasteiger partial charge in [0.15, 0.2) is 0 Å². The molecule has 17 heavy (non-hydrogen) atoms. The zero-order valence-corrected chi connectivity index (χ0v) is 13.5. The first-order valence-electron chi connectivity index (χ1n) is 5.95. The monoisotopic (exact) mass is 362 g/mol. The Kier molecular flexibility index (Phi) is 4.42. The van der Waals surface area contributed by atoms with Crippen LogP contribution in [-0.4, -0.2) is 12.4 Å².